The van der Waals surface area contributed by atoms with Crippen LogP contribution in [0, 0.1) is 0 Å². The monoisotopic (exact) mass is 993 g/mol. The summed E-state index contributed by atoms with van der Waals surface area (Å²) >= 11 is 0. The van der Waals surface area contributed by atoms with Crippen molar-refractivity contribution in [3.63, 3.8) is 0 Å². The first-order valence-electron chi connectivity index (χ1n) is 30.8. The van der Waals surface area contributed by atoms with Gasteiger partial charge in [0, 0.05) is 19.3 Å². The Hall–Kier alpha value is -2.89. The highest BCUT2D eigenvalue weighted by atomic mass is 16.6. The van der Waals surface area contributed by atoms with E-state index < -0.39 is 6.10 Å². The summed E-state index contributed by atoms with van der Waals surface area (Å²) in [4.78, 5) is 38.2. The summed E-state index contributed by atoms with van der Waals surface area (Å²) in [6.45, 7) is 6.60. The predicted molar refractivity (Wildman–Crippen MR) is 307 cm³/mol. The van der Waals surface area contributed by atoms with Crippen LogP contribution in [0.5, 0.6) is 0 Å². The molecule has 0 saturated carbocycles. The molecule has 0 aliphatic rings. The second kappa shape index (κ2) is 59.7. The van der Waals surface area contributed by atoms with Gasteiger partial charge in [-0.25, -0.2) is 0 Å². The van der Waals surface area contributed by atoms with Gasteiger partial charge in [-0.15, -0.1) is 0 Å². The van der Waals surface area contributed by atoms with Crippen LogP contribution in [0.15, 0.2) is 60.8 Å². The zero-order valence-corrected chi connectivity index (χ0v) is 47.2. The lowest BCUT2D eigenvalue weighted by atomic mass is 10.0. The van der Waals surface area contributed by atoms with E-state index in [9.17, 15) is 14.4 Å². The highest BCUT2D eigenvalue weighted by Crippen LogP contribution is 2.17. The highest BCUT2D eigenvalue weighted by Gasteiger charge is 2.19. The summed E-state index contributed by atoms with van der Waals surface area (Å²) in [6, 6.07) is 0. The van der Waals surface area contributed by atoms with Gasteiger partial charge in [-0.1, -0.05) is 274 Å². The van der Waals surface area contributed by atoms with Crippen molar-refractivity contribution >= 4 is 17.9 Å². The lowest BCUT2D eigenvalue weighted by Crippen LogP contribution is -2.30. The molecule has 6 heteroatoms. The van der Waals surface area contributed by atoms with Crippen molar-refractivity contribution in [1.29, 1.82) is 0 Å². The number of allylic oxidation sites excluding steroid dienone is 10. The molecule has 0 aliphatic carbocycles. The fourth-order valence-electron chi connectivity index (χ4n) is 8.84. The SMILES string of the molecule is CCCCC/C=C\C/C=C\CCCCCCCCCC(=O)OC[C@H](COC(=O)CCC/C=C\C/C=C\C/C=C\CCCCCCCC)OC(=O)CCCCCCCCCCCCCCCCCCCCC. The molecule has 6 nitrogen and oxygen atoms in total. The minimum atomic E-state index is -0.797. The van der Waals surface area contributed by atoms with Crippen LogP contribution in [0.2, 0.25) is 0 Å². The number of unbranched alkanes of at least 4 members (excludes halogenated alkanes) is 35. The third-order valence-corrected chi connectivity index (χ3v) is 13.5. The molecule has 0 aromatic heterocycles. The maximum atomic E-state index is 12.9. The van der Waals surface area contributed by atoms with E-state index in [0.29, 0.717) is 19.3 Å². The van der Waals surface area contributed by atoms with Crippen molar-refractivity contribution in [1.82, 2.24) is 0 Å². The standard InChI is InChI=1S/C65H116O6/c1-4-7-10-13-16-19-22-25-28-31-32-35-38-41-44-47-50-53-56-59-65(68)71-62(60-69-63(66)57-54-51-48-45-42-39-36-33-29-26-23-20-17-14-11-8-5-2)61-70-64(67)58-55-52-49-46-43-40-37-34-30-27-24-21-18-15-12-9-6-3/h17,20,26-27,29-30,37,40,46,49,62H,4-16,18-19,21-25,28,31-36,38-39,41-45,47-48,50-61H2,1-3H3/b20-17-,29-26-,30-27-,40-37-,49-46-/t62-/m1/s1. The first-order valence-corrected chi connectivity index (χ1v) is 30.8. The Kier molecular flexibility index (Phi) is 57.2. The number of hydrogen-bond donors (Lipinski definition) is 0. The summed E-state index contributed by atoms with van der Waals surface area (Å²) in [5.74, 6) is -0.936. The van der Waals surface area contributed by atoms with Gasteiger partial charge in [-0.2, -0.15) is 0 Å². The van der Waals surface area contributed by atoms with Crippen molar-refractivity contribution < 1.29 is 28.6 Å². The Balaban J connectivity index is 4.42. The average Bonchev–Trinajstić information content (AvgIpc) is 3.37. The van der Waals surface area contributed by atoms with Gasteiger partial charge in [0.1, 0.15) is 13.2 Å². The van der Waals surface area contributed by atoms with Crippen LogP contribution >= 0.6 is 0 Å². The molecule has 0 aliphatic heterocycles. The van der Waals surface area contributed by atoms with Crippen molar-refractivity contribution in [2.45, 2.75) is 322 Å². The average molecular weight is 994 g/mol. The molecule has 0 heterocycles. The largest absolute Gasteiger partial charge is 0.462 e. The molecule has 0 bridgehead atoms. The van der Waals surface area contributed by atoms with Gasteiger partial charge in [0.05, 0.1) is 0 Å². The molecule has 0 N–H and O–H groups in total. The molecule has 0 fully saturated rings. The molecule has 71 heavy (non-hydrogen) atoms. The van der Waals surface area contributed by atoms with Crippen molar-refractivity contribution in [2.24, 2.45) is 0 Å². The molecule has 0 unspecified atom stereocenters. The van der Waals surface area contributed by atoms with Gasteiger partial charge in [0.25, 0.3) is 0 Å². The lowest BCUT2D eigenvalue weighted by molar-refractivity contribution is -0.167. The van der Waals surface area contributed by atoms with Gasteiger partial charge < -0.3 is 14.2 Å². The number of rotatable bonds is 56. The Bertz CT molecular complexity index is 1280. The van der Waals surface area contributed by atoms with Crippen LogP contribution in [0.3, 0.4) is 0 Å². The van der Waals surface area contributed by atoms with E-state index in [1.807, 2.05) is 0 Å². The zero-order chi connectivity index (χ0) is 51.4. The van der Waals surface area contributed by atoms with Crippen molar-refractivity contribution in [3.05, 3.63) is 60.8 Å². The lowest BCUT2D eigenvalue weighted by Gasteiger charge is -2.18. The molecule has 0 saturated heterocycles. The summed E-state index contributed by atoms with van der Waals surface area (Å²) in [7, 11) is 0. The molecular weight excluding hydrogens is 877 g/mol. The van der Waals surface area contributed by atoms with E-state index in [2.05, 4.69) is 81.5 Å². The zero-order valence-electron chi connectivity index (χ0n) is 47.2. The first kappa shape index (κ1) is 68.1. The molecule has 0 rings (SSSR count). The van der Waals surface area contributed by atoms with E-state index >= 15 is 0 Å². The van der Waals surface area contributed by atoms with E-state index in [0.717, 1.165) is 70.6 Å². The van der Waals surface area contributed by atoms with E-state index in [-0.39, 0.29) is 37.5 Å². The maximum Gasteiger partial charge on any atom is 0.306 e. The fraction of sp³-hybridized carbons (Fsp3) is 0.800. The quantitative estimate of drug-likeness (QED) is 0.0261. The molecule has 0 amide bonds. The minimum Gasteiger partial charge on any atom is -0.462 e. The van der Waals surface area contributed by atoms with Crippen LogP contribution in [0.1, 0.15) is 316 Å². The van der Waals surface area contributed by atoms with E-state index in [1.165, 1.54) is 199 Å². The topological polar surface area (TPSA) is 78.9 Å². The maximum absolute atomic E-state index is 12.9. The van der Waals surface area contributed by atoms with Gasteiger partial charge in [0.2, 0.25) is 0 Å². The summed E-state index contributed by atoms with van der Waals surface area (Å²) in [6.07, 6.45) is 75.1. The Morgan fingerprint density at radius 3 is 0.873 bits per heavy atom. The second-order valence-electron chi connectivity index (χ2n) is 20.6. The number of esters is 3. The van der Waals surface area contributed by atoms with Crippen LogP contribution in [-0.4, -0.2) is 37.2 Å². The Morgan fingerprint density at radius 2 is 0.521 bits per heavy atom. The third-order valence-electron chi connectivity index (χ3n) is 13.5. The van der Waals surface area contributed by atoms with E-state index in [4.69, 9.17) is 14.2 Å². The molecular formula is C65H116O6. The van der Waals surface area contributed by atoms with Gasteiger partial charge >= 0.3 is 17.9 Å². The smallest absolute Gasteiger partial charge is 0.306 e. The molecule has 0 spiro atoms. The minimum absolute atomic E-state index is 0.0914. The summed E-state index contributed by atoms with van der Waals surface area (Å²) in [5.41, 5.74) is 0. The van der Waals surface area contributed by atoms with Crippen molar-refractivity contribution in [2.75, 3.05) is 13.2 Å². The number of hydrogen-bond acceptors (Lipinski definition) is 6. The van der Waals surface area contributed by atoms with Crippen molar-refractivity contribution in [3.8, 4) is 0 Å². The number of ether oxygens (including phenoxy) is 3. The van der Waals surface area contributed by atoms with Gasteiger partial charge in [-0.3, -0.25) is 14.4 Å². The highest BCUT2D eigenvalue weighted by molar-refractivity contribution is 5.71. The van der Waals surface area contributed by atoms with Gasteiger partial charge in [0.15, 0.2) is 6.10 Å². The predicted octanol–water partition coefficient (Wildman–Crippen LogP) is 20.8. The van der Waals surface area contributed by atoms with Crippen LogP contribution < -0.4 is 0 Å². The second-order valence-corrected chi connectivity index (χ2v) is 20.6. The number of carbonyl (C=O) groups excluding carboxylic acids is 3. The number of carbonyl (C=O) groups is 3. The Labute approximate surface area is 440 Å². The van der Waals surface area contributed by atoms with Crippen LogP contribution in [0.25, 0.3) is 0 Å². The summed E-state index contributed by atoms with van der Waals surface area (Å²) < 4.78 is 16.9. The normalized spacial score (nSPS) is 12.4. The first-order chi connectivity index (χ1) is 35.0. The molecule has 0 radical (unpaired) electrons. The molecule has 0 aromatic rings. The van der Waals surface area contributed by atoms with E-state index in [1.54, 1.807) is 0 Å². The Morgan fingerprint density at radius 1 is 0.282 bits per heavy atom. The molecule has 0 aromatic carbocycles. The summed E-state index contributed by atoms with van der Waals surface area (Å²) in [5, 5.41) is 0. The fourth-order valence-corrected chi connectivity index (χ4v) is 8.84. The molecule has 412 valence electrons. The third kappa shape index (κ3) is 57.9. The van der Waals surface area contributed by atoms with Crippen LogP contribution in [0.4, 0.5) is 0 Å². The molecule has 1 atom stereocenters. The van der Waals surface area contributed by atoms with Crippen LogP contribution in [-0.2, 0) is 28.6 Å². The van der Waals surface area contributed by atoms with Gasteiger partial charge in [-0.05, 0) is 83.5 Å².